The fourth-order valence-electron chi connectivity index (χ4n) is 1.44. The maximum atomic E-state index is 5.68. The summed E-state index contributed by atoms with van der Waals surface area (Å²) in [6.07, 6.45) is 0. The minimum Gasteiger partial charge on any atom is -0.497 e. The van der Waals surface area contributed by atoms with E-state index in [1.54, 1.807) is 7.11 Å². The predicted molar refractivity (Wildman–Crippen MR) is 75.6 cm³/mol. The van der Waals surface area contributed by atoms with Gasteiger partial charge in [-0.15, -0.1) is 12.4 Å². The van der Waals surface area contributed by atoms with E-state index >= 15 is 0 Å². The molecular weight excluding hydrogens is 266 g/mol. The highest BCUT2D eigenvalue weighted by atomic mass is 35.5. The van der Waals surface area contributed by atoms with Crippen molar-refractivity contribution in [2.24, 2.45) is 5.73 Å². The van der Waals surface area contributed by atoms with Crippen LogP contribution in [0, 0.1) is 0 Å². The molecule has 0 spiro atoms. The number of benzene rings is 1. The second-order valence-electron chi connectivity index (χ2n) is 4.74. The number of halogens is 1. The Balaban J connectivity index is 0.00000180. The molecule has 0 aliphatic carbocycles. The monoisotopic (exact) mass is 283 g/mol. The minimum atomic E-state index is -0.308. The van der Waals surface area contributed by atoms with Gasteiger partial charge in [-0.2, -0.15) is 4.98 Å². The fourth-order valence-corrected chi connectivity index (χ4v) is 1.44. The standard InChI is InChI=1S/C13H17N3O2.ClH/c1-13(2,8-14)12-15-11(16-18-12)9-4-6-10(17-3)7-5-9;/h4-7H,8,14H2,1-3H3;1H. The molecule has 104 valence electrons. The Morgan fingerprint density at radius 3 is 2.42 bits per heavy atom. The topological polar surface area (TPSA) is 74.2 Å². The van der Waals surface area contributed by atoms with E-state index in [-0.39, 0.29) is 17.8 Å². The van der Waals surface area contributed by atoms with E-state index in [0.29, 0.717) is 18.3 Å². The molecule has 19 heavy (non-hydrogen) atoms. The first-order chi connectivity index (χ1) is 8.56. The van der Waals surface area contributed by atoms with Gasteiger partial charge < -0.3 is 15.0 Å². The molecule has 0 unspecified atom stereocenters. The highest BCUT2D eigenvalue weighted by Crippen LogP contribution is 2.24. The van der Waals surface area contributed by atoms with E-state index in [9.17, 15) is 0 Å². The lowest BCUT2D eigenvalue weighted by Gasteiger charge is -2.15. The lowest BCUT2D eigenvalue weighted by molar-refractivity contribution is 0.311. The van der Waals surface area contributed by atoms with Gasteiger partial charge in [-0.05, 0) is 38.1 Å². The van der Waals surface area contributed by atoms with Gasteiger partial charge in [0.15, 0.2) is 0 Å². The third kappa shape index (κ3) is 3.24. The number of hydrogen-bond acceptors (Lipinski definition) is 5. The number of nitrogens with zero attached hydrogens (tertiary/aromatic N) is 2. The average Bonchev–Trinajstić information content (AvgIpc) is 2.89. The second-order valence-corrected chi connectivity index (χ2v) is 4.74. The van der Waals surface area contributed by atoms with Gasteiger partial charge in [0.1, 0.15) is 5.75 Å². The van der Waals surface area contributed by atoms with Crippen LogP contribution >= 0.6 is 12.4 Å². The molecule has 1 aromatic carbocycles. The first-order valence-electron chi connectivity index (χ1n) is 5.75. The van der Waals surface area contributed by atoms with Crippen molar-refractivity contribution in [1.82, 2.24) is 10.1 Å². The normalized spacial score (nSPS) is 10.9. The molecule has 1 heterocycles. The summed E-state index contributed by atoms with van der Waals surface area (Å²) in [4.78, 5) is 4.38. The smallest absolute Gasteiger partial charge is 0.233 e. The summed E-state index contributed by atoms with van der Waals surface area (Å²) in [6.45, 7) is 4.40. The van der Waals surface area contributed by atoms with E-state index in [0.717, 1.165) is 11.3 Å². The minimum absolute atomic E-state index is 0. The molecule has 1 aromatic heterocycles. The molecule has 0 saturated heterocycles. The molecule has 0 aliphatic rings. The second kappa shape index (κ2) is 6.04. The van der Waals surface area contributed by atoms with Crippen LogP contribution in [0.4, 0.5) is 0 Å². The third-order valence-corrected chi connectivity index (χ3v) is 2.86. The number of methoxy groups -OCH3 is 1. The van der Waals surface area contributed by atoms with E-state index in [2.05, 4.69) is 10.1 Å². The van der Waals surface area contributed by atoms with Crippen LogP contribution < -0.4 is 10.5 Å². The van der Waals surface area contributed by atoms with E-state index in [4.69, 9.17) is 15.0 Å². The Morgan fingerprint density at radius 2 is 1.89 bits per heavy atom. The lowest BCUT2D eigenvalue weighted by atomic mass is 9.94. The summed E-state index contributed by atoms with van der Waals surface area (Å²) in [7, 11) is 1.63. The summed E-state index contributed by atoms with van der Waals surface area (Å²) in [5, 5.41) is 3.97. The molecule has 0 aliphatic heterocycles. The first-order valence-corrected chi connectivity index (χ1v) is 5.75. The van der Waals surface area contributed by atoms with Gasteiger partial charge in [-0.3, -0.25) is 0 Å². The Kier molecular flexibility index (Phi) is 4.91. The first kappa shape index (κ1) is 15.5. The van der Waals surface area contributed by atoms with E-state index < -0.39 is 0 Å². The van der Waals surface area contributed by atoms with Crippen molar-refractivity contribution >= 4 is 12.4 Å². The molecule has 0 saturated carbocycles. The Hall–Kier alpha value is -1.59. The van der Waals surface area contributed by atoms with Crippen LogP contribution in [0.5, 0.6) is 5.75 Å². The van der Waals surface area contributed by atoms with Crippen LogP contribution in [0.15, 0.2) is 28.8 Å². The van der Waals surface area contributed by atoms with Gasteiger partial charge in [0.2, 0.25) is 11.7 Å². The van der Waals surface area contributed by atoms with Gasteiger partial charge >= 0.3 is 0 Å². The molecule has 0 atom stereocenters. The molecule has 0 bridgehead atoms. The zero-order chi connectivity index (χ0) is 13.2. The summed E-state index contributed by atoms with van der Waals surface area (Å²) < 4.78 is 10.4. The fraction of sp³-hybridized carbons (Fsp3) is 0.385. The van der Waals surface area contributed by atoms with Crippen molar-refractivity contribution in [1.29, 1.82) is 0 Å². The summed E-state index contributed by atoms with van der Waals surface area (Å²) in [5.41, 5.74) is 6.26. The van der Waals surface area contributed by atoms with Crippen LogP contribution in [0.25, 0.3) is 11.4 Å². The van der Waals surface area contributed by atoms with Crippen molar-refractivity contribution in [3.05, 3.63) is 30.2 Å². The van der Waals surface area contributed by atoms with Crippen LogP contribution in [0.2, 0.25) is 0 Å². The largest absolute Gasteiger partial charge is 0.497 e. The van der Waals surface area contributed by atoms with Crippen molar-refractivity contribution < 1.29 is 9.26 Å². The molecule has 0 radical (unpaired) electrons. The average molecular weight is 284 g/mol. The van der Waals surface area contributed by atoms with Gasteiger partial charge in [0.05, 0.1) is 12.5 Å². The zero-order valence-electron chi connectivity index (χ0n) is 11.2. The van der Waals surface area contributed by atoms with Crippen LogP contribution in [0.3, 0.4) is 0 Å². The quantitative estimate of drug-likeness (QED) is 0.933. The molecule has 2 rings (SSSR count). The Morgan fingerprint density at radius 1 is 1.26 bits per heavy atom. The predicted octanol–water partition coefficient (Wildman–Crippen LogP) is 2.40. The Bertz CT molecular complexity index is 523. The van der Waals surface area contributed by atoms with Gasteiger partial charge in [-0.1, -0.05) is 5.16 Å². The third-order valence-electron chi connectivity index (χ3n) is 2.86. The van der Waals surface area contributed by atoms with Crippen LogP contribution in [0.1, 0.15) is 19.7 Å². The number of rotatable bonds is 4. The van der Waals surface area contributed by atoms with E-state index in [1.807, 2.05) is 38.1 Å². The number of ether oxygens (including phenoxy) is 1. The van der Waals surface area contributed by atoms with Crippen molar-refractivity contribution in [2.45, 2.75) is 19.3 Å². The SMILES string of the molecule is COc1ccc(-c2noc(C(C)(C)CN)n2)cc1.Cl. The maximum absolute atomic E-state index is 5.68. The van der Waals surface area contributed by atoms with Crippen molar-refractivity contribution in [3.63, 3.8) is 0 Å². The van der Waals surface area contributed by atoms with Gasteiger partial charge in [0.25, 0.3) is 0 Å². The van der Waals surface area contributed by atoms with Gasteiger partial charge in [-0.25, -0.2) is 0 Å². The molecule has 6 heteroatoms. The number of aromatic nitrogens is 2. The van der Waals surface area contributed by atoms with E-state index in [1.165, 1.54) is 0 Å². The van der Waals surface area contributed by atoms with Crippen molar-refractivity contribution in [3.8, 4) is 17.1 Å². The molecule has 0 fully saturated rings. The Labute approximate surface area is 118 Å². The van der Waals surface area contributed by atoms with Crippen LogP contribution in [-0.4, -0.2) is 23.8 Å². The summed E-state index contributed by atoms with van der Waals surface area (Å²) in [6, 6.07) is 7.50. The summed E-state index contributed by atoms with van der Waals surface area (Å²) >= 11 is 0. The maximum Gasteiger partial charge on any atom is 0.233 e. The molecule has 2 aromatic rings. The molecule has 2 N–H and O–H groups in total. The zero-order valence-corrected chi connectivity index (χ0v) is 12.0. The molecule has 0 amide bonds. The van der Waals surface area contributed by atoms with Gasteiger partial charge in [0, 0.05) is 12.1 Å². The molecular formula is C13H18ClN3O2. The highest BCUT2D eigenvalue weighted by Gasteiger charge is 2.26. The number of hydrogen-bond donors (Lipinski definition) is 1. The highest BCUT2D eigenvalue weighted by molar-refractivity contribution is 5.85. The van der Waals surface area contributed by atoms with Crippen molar-refractivity contribution in [2.75, 3.05) is 13.7 Å². The molecule has 5 nitrogen and oxygen atoms in total. The number of nitrogens with two attached hydrogens (primary N) is 1. The van der Waals surface area contributed by atoms with Crippen LogP contribution in [-0.2, 0) is 5.41 Å². The summed E-state index contributed by atoms with van der Waals surface area (Å²) in [5.74, 6) is 1.91. The lowest BCUT2D eigenvalue weighted by Crippen LogP contribution is -2.28.